The molecule has 1 aromatic heterocycles. The molecule has 0 aliphatic carbocycles. The smallest absolute Gasteiger partial charge is 0.167 e. The molecule has 0 aliphatic rings. The van der Waals surface area contributed by atoms with Crippen molar-refractivity contribution in [3.63, 3.8) is 0 Å². The Morgan fingerprint density at radius 1 is 1.14 bits per heavy atom. The van der Waals surface area contributed by atoms with Crippen molar-refractivity contribution in [2.24, 2.45) is 5.73 Å². The zero-order chi connectivity index (χ0) is 14.8. The highest BCUT2D eigenvalue weighted by Crippen LogP contribution is 2.34. The van der Waals surface area contributed by atoms with E-state index in [0.29, 0.717) is 6.54 Å². The topological polar surface area (TPSA) is 54.7 Å². The standard InChI is InChI=1S/C17H19N3S/c1-11-4-3-5-13(8-11)16(10-18)21-17-19-14-7-6-12(2)9-15(14)20-17/h3-9,16H,10,18H2,1-2H3,(H,19,20). The van der Waals surface area contributed by atoms with Crippen molar-refractivity contribution < 1.29 is 0 Å². The summed E-state index contributed by atoms with van der Waals surface area (Å²) in [5.41, 5.74) is 11.8. The molecule has 0 amide bonds. The zero-order valence-electron chi connectivity index (χ0n) is 12.3. The number of aromatic amines is 1. The van der Waals surface area contributed by atoms with Crippen LogP contribution in [0.2, 0.25) is 0 Å². The Balaban J connectivity index is 1.88. The van der Waals surface area contributed by atoms with E-state index >= 15 is 0 Å². The number of fused-ring (bicyclic) bond motifs is 1. The Kier molecular flexibility index (Phi) is 3.99. The first kappa shape index (κ1) is 14.2. The molecule has 2 aromatic carbocycles. The second-order valence-corrected chi connectivity index (χ2v) is 6.51. The first-order valence-corrected chi connectivity index (χ1v) is 7.93. The maximum atomic E-state index is 5.96. The van der Waals surface area contributed by atoms with Gasteiger partial charge in [0.2, 0.25) is 0 Å². The van der Waals surface area contributed by atoms with Crippen molar-refractivity contribution in [2.45, 2.75) is 24.3 Å². The number of nitrogens with two attached hydrogens (primary N) is 1. The van der Waals surface area contributed by atoms with Gasteiger partial charge in [-0.2, -0.15) is 0 Å². The minimum Gasteiger partial charge on any atom is -0.333 e. The van der Waals surface area contributed by atoms with E-state index in [9.17, 15) is 0 Å². The van der Waals surface area contributed by atoms with Crippen LogP contribution in [0.15, 0.2) is 47.6 Å². The summed E-state index contributed by atoms with van der Waals surface area (Å²) in [7, 11) is 0. The van der Waals surface area contributed by atoms with Gasteiger partial charge in [-0.3, -0.25) is 0 Å². The first-order chi connectivity index (χ1) is 10.2. The van der Waals surface area contributed by atoms with Gasteiger partial charge in [0.15, 0.2) is 5.16 Å². The predicted molar refractivity (Wildman–Crippen MR) is 89.7 cm³/mol. The fraction of sp³-hybridized carbons (Fsp3) is 0.235. The lowest BCUT2D eigenvalue weighted by Crippen LogP contribution is -2.09. The van der Waals surface area contributed by atoms with Crippen molar-refractivity contribution in [3.8, 4) is 0 Å². The van der Waals surface area contributed by atoms with E-state index in [0.717, 1.165) is 16.2 Å². The van der Waals surface area contributed by atoms with E-state index in [1.807, 2.05) is 0 Å². The molecule has 1 atom stereocenters. The fourth-order valence-electron chi connectivity index (χ4n) is 2.41. The maximum Gasteiger partial charge on any atom is 0.167 e. The molecule has 0 fully saturated rings. The maximum absolute atomic E-state index is 5.96. The van der Waals surface area contributed by atoms with Gasteiger partial charge in [0.1, 0.15) is 0 Å². The van der Waals surface area contributed by atoms with Crippen LogP contribution in [0.5, 0.6) is 0 Å². The molecule has 108 valence electrons. The van der Waals surface area contributed by atoms with Gasteiger partial charge in [-0.25, -0.2) is 4.98 Å². The van der Waals surface area contributed by atoms with Gasteiger partial charge in [-0.05, 0) is 37.1 Å². The fourth-order valence-corrected chi connectivity index (χ4v) is 3.38. The molecule has 0 bridgehead atoms. The van der Waals surface area contributed by atoms with E-state index in [4.69, 9.17) is 5.73 Å². The molecule has 3 aromatic rings. The number of rotatable bonds is 4. The van der Waals surface area contributed by atoms with Crippen molar-refractivity contribution in [3.05, 3.63) is 59.2 Å². The van der Waals surface area contributed by atoms with E-state index in [-0.39, 0.29) is 5.25 Å². The molecule has 0 saturated heterocycles. The third-order valence-corrected chi connectivity index (χ3v) is 4.66. The van der Waals surface area contributed by atoms with Crippen LogP contribution in [0, 0.1) is 13.8 Å². The first-order valence-electron chi connectivity index (χ1n) is 7.05. The molecule has 0 saturated carbocycles. The normalized spacial score (nSPS) is 12.7. The van der Waals surface area contributed by atoms with Gasteiger partial charge in [0.25, 0.3) is 0 Å². The number of aryl methyl sites for hydroxylation is 2. The molecule has 0 spiro atoms. The lowest BCUT2D eigenvalue weighted by atomic mass is 10.1. The van der Waals surface area contributed by atoms with Crippen molar-refractivity contribution in [1.82, 2.24) is 9.97 Å². The third-order valence-electron chi connectivity index (χ3n) is 3.50. The van der Waals surface area contributed by atoms with Gasteiger partial charge in [-0.15, -0.1) is 0 Å². The highest BCUT2D eigenvalue weighted by atomic mass is 32.2. The van der Waals surface area contributed by atoms with E-state index in [1.165, 1.54) is 16.7 Å². The highest BCUT2D eigenvalue weighted by Gasteiger charge is 2.14. The Bertz CT molecular complexity index is 764. The predicted octanol–water partition coefficient (Wildman–Crippen LogP) is 3.97. The Morgan fingerprint density at radius 3 is 2.71 bits per heavy atom. The zero-order valence-corrected chi connectivity index (χ0v) is 13.1. The lowest BCUT2D eigenvalue weighted by molar-refractivity contribution is 0.927. The monoisotopic (exact) mass is 297 g/mol. The summed E-state index contributed by atoms with van der Waals surface area (Å²) in [5, 5.41) is 1.14. The molecule has 3 nitrogen and oxygen atoms in total. The molecule has 1 unspecified atom stereocenters. The van der Waals surface area contributed by atoms with Crippen LogP contribution >= 0.6 is 11.8 Å². The second-order valence-electron chi connectivity index (χ2n) is 5.32. The van der Waals surface area contributed by atoms with Crippen LogP contribution in [0.1, 0.15) is 21.9 Å². The summed E-state index contributed by atoms with van der Waals surface area (Å²) in [5.74, 6) is 0. The van der Waals surface area contributed by atoms with Gasteiger partial charge in [-0.1, -0.05) is 47.7 Å². The highest BCUT2D eigenvalue weighted by molar-refractivity contribution is 7.99. The van der Waals surface area contributed by atoms with Crippen molar-refractivity contribution in [2.75, 3.05) is 6.54 Å². The summed E-state index contributed by atoms with van der Waals surface area (Å²) < 4.78 is 0. The second kappa shape index (κ2) is 5.92. The quantitative estimate of drug-likeness (QED) is 0.716. The van der Waals surface area contributed by atoms with E-state index in [2.05, 4.69) is 66.3 Å². The molecule has 0 radical (unpaired) electrons. The molecule has 3 rings (SSSR count). The summed E-state index contributed by atoms with van der Waals surface area (Å²) in [6, 6.07) is 14.8. The van der Waals surface area contributed by atoms with Gasteiger partial charge < -0.3 is 10.7 Å². The van der Waals surface area contributed by atoms with Crippen LogP contribution in [0.4, 0.5) is 0 Å². The summed E-state index contributed by atoms with van der Waals surface area (Å²) in [6.45, 7) is 4.78. The molecule has 3 N–H and O–H groups in total. The van der Waals surface area contributed by atoms with Crippen LogP contribution in [0.25, 0.3) is 11.0 Å². The minimum absolute atomic E-state index is 0.214. The van der Waals surface area contributed by atoms with Crippen LogP contribution in [0.3, 0.4) is 0 Å². The average molecular weight is 297 g/mol. The largest absolute Gasteiger partial charge is 0.333 e. The number of aromatic nitrogens is 2. The van der Waals surface area contributed by atoms with Crippen LogP contribution in [-0.4, -0.2) is 16.5 Å². The minimum atomic E-state index is 0.214. The molecule has 0 aliphatic heterocycles. The number of nitrogens with zero attached hydrogens (tertiary/aromatic N) is 1. The molecular formula is C17H19N3S. The number of nitrogens with one attached hydrogen (secondary N) is 1. The Morgan fingerprint density at radius 2 is 1.95 bits per heavy atom. The van der Waals surface area contributed by atoms with Gasteiger partial charge in [0.05, 0.1) is 11.0 Å². The van der Waals surface area contributed by atoms with E-state index in [1.54, 1.807) is 11.8 Å². The molecular weight excluding hydrogens is 278 g/mol. The summed E-state index contributed by atoms with van der Waals surface area (Å²) in [6.07, 6.45) is 0. The average Bonchev–Trinajstić information content (AvgIpc) is 2.86. The Hall–Kier alpha value is -1.78. The number of imidazole rings is 1. The summed E-state index contributed by atoms with van der Waals surface area (Å²) >= 11 is 1.69. The van der Waals surface area contributed by atoms with Crippen LogP contribution in [-0.2, 0) is 0 Å². The number of hydrogen-bond donors (Lipinski definition) is 2. The number of H-pyrrole nitrogens is 1. The van der Waals surface area contributed by atoms with Gasteiger partial charge in [0, 0.05) is 11.8 Å². The Labute approximate surface area is 129 Å². The number of benzene rings is 2. The molecule has 4 heteroatoms. The summed E-state index contributed by atoms with van der Waals surface area (Å²) in [4.78, 5) is 8.02. The number of thioether (sulfide) groups is 1. The van der Waals surface area contributed by atoms with Crippen molar-refractivity contribution >= 4 is 22.8 Å². The number of hydrogen-bond acceptors (Lipinski definition) is 3. The SMILES string of the molecule is Cc1cccc(C(CN)Sc2nc3ccc(C)cc3[nH]2)c1. The molecule has 21 heavy (non-hydrogen) atoms. The third kappa shape index (κ3) is 3.12. The van der Waals surface area contributed by atoms with Crippen LogP contribution < -0.4 is 5.73 Å². The van der Waals surface area contributed by atoms with Gasteiger partial charge >= 0.3 is 0 Å². The lowest BCUT2D eigenvalue weighted by Gasteiger charge is -2.13. The molecule has 1 heterocycles. The van der Waals surface area contributed by atoms with Crippen molar-refractivity contribution in [1.29, 1.82) is 0 Å². The van der Waals surface area contributed by atoms with E-state index < -0.39 is 0 Å².